The van der Waals surface area contributed by atoms with Crippen LogP contribution in [0.5, 0.6) is 5.75 Å². The second kappa shape index (κ2) is 9.79. The number of benzene rings is 3. The van der Waals surface area contributed by atoms with Crippen LogP contribution in [0.2, 0.25) is 0 Å². The molecule has 0 bridgehead atoms. The van der Waals surface area contributed by atoms with E-state index in [1.807, 2.05) is 24.3 Å². The standard InChI is InChI=1S/C27H25F2N5O3/c28-18-3-7-22-24(13-18)30-31-27(22)34-11-9-33(10-12-34)15-20(35)16-36-21-5-1-17(2-6-21)26-23-8-4-19(29)14-25(23)37-32-26/h1-8,13-14,20,35H,9-12,15-16H2,(H,30,31)/t20-/m0/s1. The van der Waals surface area contributed by atoms with Gasteiger partial charge in [-0.2, -0.15) is 5.10 Å². The number of piperazine rings is 1. The summed E-state index contributed by atoms with van der Waals surface area (Å²) in [6.07, 6.45) is -0.644. The van der Waals surface area contributed by atoms with Crippen molar-refractivity contribution in [3.63, 3.8) is 0 Å². The Bertz CT molecular complexity index is 1530. The van der Waals surface area contributed by atoms with Gasteiger partial charge < -0.3 is 19.3 Å². The van der Waals surface area contributed by atoms with E-state index in [2.05, 4.69) is 25.2 Å². The Morgan fingerprint density at radius 3 is 2.46 bits per heavy atom. The highest BCUT2D eigenvalue weighted by Crippen LogP contribution is 2.30. The topological polar surface area (TPSA) is 90.7 Å². The van der Waals surface area contributed by atoms with E-state index in [1.165, 1.54) is 24.3 Å². The highest BCUT2D eigenvalue weighted by molar-refractivity contribution is 5.91. The summed E-state index contributed by atoms with van der Waals surface area (Å²) in [5.41, 5.74) is 2.54. The molecule has 10 heteroatoms. The zero-order chi connectivity index (χ0) is 25.4. The van der Waals surface area contributed by atoms with Crippen LogP contribution in [-0.4, -0.2) is 70.8 Å². The molecule has 0 amide bonds. The summed E-state index contributed by atoms with van der Waals surface area (Å²) in [6.45, 7) is 3.74. The zero-order valence-corrected chi connectivity index (χ0v) is 19.9. The molecule has 8 nitrogen and oxygen atoms in total. The van der Waals surface area contributed by atoms with E-state index in [-0.39, 0.29) is 18.2 Å². The van der Waals surface area contributed by atoms with E-state index in [4.69, 9.17) is 9.26 Å². The van der Waals surface area contributed by atoms with Crippen LogP contribution in [0.3, 0.4) is 0 Å². The first-order valence-electron chi connectivity index (χ1n) is 12.1. The van der Waals surface area contributed by atoms with Gasteiger partial charge in [0.15, 0.2) is 11.4 Å². The van der Waals surface area contributed by atoms with Gasteiger partial charge in [0, 0.05) is 55.1 Å². The number of anilines is 1. The molecule has 190 valence electrons. The quantitative estimate of drug-likeness (QED) is 0.342. The summed E-state index contributed by atoms with van der Waals surface area (Å²) >= 11 is 0. The number of fused-ring (bicyclic) bond motifs is 2. The third-order valence-electron chi connectivity index (χ3n) is 6.65. The van der Waals surface area contributed by atoms with Gasteiger partial charge in [-0.15, -0.1) is 0 Å². The van der Waals surface area contributed by atoms with Gasteiger partial charge >= 0.3 is 0 Å². The van der Waals surface area contributed by atoms with Crippen LogP contribution in [-0.2, 0) is 0 Å². The fourth-order valence-electron chi connectivity index (χ4n) is 4.73. The number of ether oxygens (including phenoxy) is 1. The molecule has 0 aliphatic carbocycles. The average Bonchev–Trinajstić information content (AvgIpc) is 3.52. The number of hydrogen-bond acceptors (Lipinski definition) is 7. The van der Waals surface area contributed by atoms with Gasteiger partial charge in [0.25, 0.3) is 0 Å². The number of aliphatic hydroxyl groups excluding tert-OH is 1. The summed E-state index contributed by atoms with van der Waals surface area (Å²) in [5.74, 6) is 0.797. The van der Waals surface area contributed by atoms with Crippen LogP contribution in [0.25, 0.3) is 33.1 Å². The number of nitrogens with zero attached hydrogens (tertiary/aromatic N) is 4. The molecule has 0 radical (unpaired) electrons. The lowest BCUT2D eigenvalue weighted by Gasteiger charge is -2.35. The SMILES string of the molecule is O[C@H](COc1ccc(-c2noc3cc(F)ccc23)cc1)CN1CCN(c2n[nH]c3cc(F)ccc23)CC1. The van der Waals surface area contributed by atoms with E-state index in [1.54, 1.807) is 12.1 Å². The normalized spacial score (nSPS) is 15.5. The van der Waals surface area contributed by atoms with Gasteiger partial charge in [0.2, 0.25) is 0 Å². The number of aromatic nitrogens is 3. The summed E-state index contributed by atoms with van der Waals surface area (Å²) in [7, 11) is 0. The highest BCUT2D eigenvalue weighted by atomic mass is 19.1. The first-order valence-corrected chi connectivity index (χ1v) is 12.1. The predicted octanol–water partition coefficient (Wildman–Crippen LogP) is 4.21. The second-order valence-electron chi connectivity index (χ2n) is 9.19. The van der Waals surface area contributed by atoms with Gasteiger partial charge in [-0.05, 0) is 54.6 Å². The van der Waals surface area contributed by atoms with E-state index < -0.39 is 6.10 Å². The van der Waals surface area contributed by atoms with E-state index in [0.717, 1.165) is 48.3 Å². The summed E-state index contributed by atoms with van der Waals surface area (Å²) in [4.78, 5) is 4.37. The van der Waals surface area contributed by atoms with Crippen molar-refractivity contribution in [3.05, 3.63) is 72.3 Å². The van der Waals surface area contributed by atoms with Crippen LogP contribution in [0.1, 0.15) is 0 Å². The number of β-amino-alcohol motifs (C(OH)–C–C–N with tert-alkyl or cyclic N) is 1. The predicted molar refractivity (Wildman–Crippen MR) is 136 cm³/mol. The van der Waals surface area contributed by atoms with Crippen molar-refractivity contribution in [2.45, 2.75) is 6.10 Å². The Morgan fingerprint density at radius 1 is 0.946 bits per heavy atom. The van der Waals surface area contributed by atoms with Crippen molar-refractivity contribution >= 4 is 27.7 Å². The van der Waals surface area contributed by atoms with Crippen molar-refractivity contribution in [1.82, 2.24) is 20.3 Å². The van der Waals surface area contributed by atoms with Gasteiger partial charge in [-0.3, -0.25) is 10.00 Å². The molecule has 3 heterocycles. The number of hydrogen-bond donors (Lipinski definition) is 2. The maximum Gasteiger partial charge on any atom is 0.170 e. The molecule has 0 saturated carbocycles. The number of nitrogens with one attached hydrogen (secondary N) is 1. The molecule has 0 spiro atoms. The molecule has 1 aliphatic rings. The Labute approximate surface area is 211 Å². The van der Waals surface area contributed by atoms with Crippen molar-refractivity contribution < 1.29 is 23.1 Å². The first kappa shape index (κ1) is 23.4. The minimum absolute atomic E-state index is 0.168. The second-order valence-corrected chi connectivity index (χ2v) is 9.19. The van der Waals surface area contributed by atoms with Crippen LogP contribution in [0, 0.1) is 11.6 Å². The Balaban J connectivity index is 1.000. The molecular weight excluding hydrogens is 480 g/mol. The summed E-state index contributed by atoms with van der Waals surface area (Å²) in [5, 5.41) is 23.5. The Morgan fingerprint density at radius 2 is 1.68 bits per heavy atom. The molecule has 2 N–H and O–H groups in total. The molecule has 3 aromatic carbocycles. The Kier molecular flexibility index (Phi) is 6.19. The zero-order valence-electron chi connectivity index (χ0n) is 19.9. The summed E-state index contributed by atoms with van der Waals surface area (Å²) < 4.78 is 37.9. The monoisotopic (exact) mass is 505 g/mol. The number of rotatable bonds is 7. The average molecular weight is 506 g/mol. The van der Waals surface area contributed by atoms with E-state index >= 15 is 0 Å². The van der Waals surface area contributed by atoms with Gasteiger partial charge in [0.1, 0.15) is 35.8 Å². The molecule has 37 heavy (non-hydrogen) atoms. The lowest BCUT2D eigenvalue weighted by atomic mass is 10.1. The van der Waals surface area contributed by atoms with Crippen molar-refractivity contribution in [3.8, 4) is 17.0 Å². The third-order valence-corrected chi connectivity index (χ3v) is 6.65. The minimum Gasteiger partial charge on any atom is -0.491 e. The summed E-state index contributed by atoms with van der Waals surface area (Å²) in [6, 6.07) is 16.3. The third kappa shape index (κ3) is 4.85. The molecule has 5 aromatic rings. The van der Waals surface area contributed by atoms with E-state index in [0.29, 0.717) is 29.1 Å². The van der Waals surface area contributed by atoms with Gasteiger partial charge in [-0.25, -0.2) is 8.78 Å². The molecule has 1 aliphatic heterocycles. The van der Waals surface area contributed by atoms with Crippen molar-refractivity contribution in [2.75, 3.05) is 44.2 Å². The highest BCUT2D eigenvalue weighted by Gasteiger charge is 2.22. The molecule has 2 aromatic heterocycles. The fraction of sp³-hybridized carbons (Fsp3) is 0.259. The lowest BCUT2D eigenvalue weighted by molar-refractivity contribution is 0.0663. The molecule has 1 saturated heterocycles. The first-order chi connectivity index (χ1) is 18.0. The van der Waals surface area contributed by atoms with Crippen LogP contribution >= 0.6 is 0 Å². The van der Waals surface area contributed by atoms with Crippen LogP contribution in [0.15, 0.2) is 65.2 Å². The minimum atomic E-state index is -0.644. The Hall–Kier alpha value is -4.02. The molecule has 0 unspecified atom stereocenters. The number of halogens is 2. The fourth-order valence-corrected chi connectivity index (χ4v) is 4.73. The van der Waals surface area contributed by atoms with Crippen LogP contribution in [0.4, 0.5) is 14.6 Å². The van der Waals surface area contributed by atoms with Gasteiger partial charge in [0.05, 0.1) is 5.52 Å². The van der Waals surface area contributed by atoms with E-state index in [9.17, 15) is 13.9 Å². The maximum absolute atomic E-state index is 13.5. The number of H-pyrrole nitrogens is 1. The largest absolute Gasteiger partial charge is 0.491 e. The molecule has 6 rings (SSSR count). The van der Waals surface area contributed by atoms with Crippen LogP contribution < -0.4 is 9.64 Å². The number of aromatic amines is 1. The molecule has 1 atom stereocenters. The van der Waals surface area contributed by atoms with Crippen molar-refractivity contribution in [1.29, 1.82) is 0 Å². The molecule has 1 fully saturated rings. The smallest absolute Gasteiger partial charge is 0.170 e. The molecular formula is C27H25F2N5O3. The maximum atomic E-state index is 13.5. The van der Waals surface area contributed by atoms with Gasteiger partial charge in [-0.1, -0.05) is 5.16 Å². The lowest BCUT2D eigenvalue weighted by Crippen LogP contribution is -2.49. The van der Waals surface area contributed by atoms with Crippen molar-refractivity contribution in [2.24, 2.45) is 0 Å². The number of aliphatic hydroxyl groups is 1.